The van der Waals surface area contributed by atoms with Gasteiger partial charge in [0.15, 0.2) is 0 Å². The molecule has 2 aromatic rings. The zero-order valence-corrected chi connectivity index (χ0v) is 9.43. The summed E-state index contributed by atoms with van der Waals surface area (Å²) in [5.74, 6) is 0. The predicted octanol–water partition coefficient (Wildman–Crippen LogP) is 1.68. The van der Waals surface area contributed by atoms with Crippen LogP contribution in [0.25, 0.3) is 5.65 Å². The van der Waals surface area contributed by atoms with Gasteiger partial charge in [0.05, 0.1) is 11.7 Å². The number of fused-ring (bicyclic) bond motifs is 1. The molecule has 1 aliphatic heterocycles. The van der Waals surface area contributed by atoms with Crippen molar-refractivity contribution in [1.29, 1.82) is 0 Å². The van der Waals surface area contributed by atoms with Gasteiger partial charge >= 0.3 is 0 Å². The number of hydrogen-bond acceptors (Lipinski definition) is 3. The number of hydrogen-bond donors (Lipinski definition) is 1. The zero-order chi connectivity index (χ0) is 11.1. The highest BCUT2D eigenvalue weighted by molar-refractivity contribution is 5.48. The minimum atomic E-state index is 0.473. The maximum absolute atomic E-state index is 5.75. The Morgan fingerprint density at radius 3 is 3.00 bits per heavy atom. The molecule has 0 aliphatic carbocycles. The molecule has 0 saturated carbocycles. The van der Waals surface area contributed by atoms with Crippen LogP contribution in [-0.4, -0.2) is 27.9 Å². The second-order valence-electron chi connectivity index (χ2n) is 4.53. The molecule has 0 radical (unpaired) electrons. The normalized spacial score (nSPS) is 21.9. The monoisotopic (exact) mass is 216 g/mol. The molecule has 0 amide bonds. The molecule has 3 rings (SSSR count). The van der Waals surface area contributed by atoms with Crippen molar-refractivity contribution in [3.05, 3.63) is 30.2 Å². The molecule has 1 fully saturated rings. The minimum Gasteiger partial charge on any atom is -0.398 e. The Morgan fingerprint density at radius 1 is 1.38 bits per heavy atom. The predicted molar refractivity (Wildman–Crippen MR) is 64.2 cm³/mol. The van der Waals surface area contributed by atoms with E-state index in [9.17, 15) is 0 Å². The molecular weight excluding hydrogens is 200 g/mol. The lowest BCUT2D eigenvalue weighted by Gasteiger charge is -2.16. The van der Waals surface area contributed by atoms with Crippen molar-refractivity contribution >= 4 is 11.3 Å². The Kier molecular flexibility index (Phi) is 2.11. The van der Waals surface area contributed by atoms with Crippen LogP contribution in [0.4, 0.5) is 5.69 Å². The summed E-state index contributed by atoms with van der Waals surface area (Å²) >= 11 is 0. The fourth-order valence-corrected chi connectivity index (χ4v) is 2.47. The summed E-state index contributed by atoms with van der Waals surface area (Å²) in [5.41, 5.74) is 8.66. The summed E-state index contributed by atoms with van der Waals surface area (Å²) in [6.07, 6.45) is 6.48. The number of nitrogens with two attached hydrogens (primary N) is 1. The largest absolute Gasteiger partial charge is 0.398 e. The van der Waals surface area contributed by atoms with Gasteiger partial charge < -0.3 is 10.1 Å². The van der Waals surface area contributed by atoms with Crippen molar-refractivity contribution in [2.75, 3.05) is 19.3 Å². The number of likely N-dealkylation sites (tertiary alicyclic amines) is 1. The van der Waals surface area contributed by atoms with Crippen molar-refractivity contribution in [3.63, 3.8) is 0 Å². The second-order valence-corrected chi connectivity index (χ2v) is 4.53. The maximum atomic E-state index is 5.75. The molecule has 4 heteroatoms. The first kappa shape index (κ1) is 9.66. The van der Waals surface area contributed by atoms with E-state index < -0.39 is 0 Å². The van der Waals surface area contributed by atoms with Gasteiger partial charge in [-0.15, -0.1) is 0 Å². The topological polar surface area (TPSA) is 46.6 Å². The fraction of sp³-hybridized carbons (Fsp3) is 0.417. The molecule has 1 atom stereocenters. The summed E-state index contributed by atoms with van der Waals surface area (Å²) in [4.78, 5) is 7.02. The third kappa shape index (κ3) is 1.46. The summed E-state index contributed by atoms with van der Waals surface area (Å²) < 4.78 is 2.01. The Balaban J connectivity index is 2.04. The van der Waals surface area contributed by atoms with Crippen LogP contribution in [0.15, 0.2) is 24.5 Å². The van der Waals surface area contributed by atoms with Crippen molar-refractivity contribution in [3.8, 4) is 0 Å². The van der Waals surface area contributed by atoms with Crippen LogP contribution in [0.3, 0.4) is 0 Å². The van der Waals surface area contributed by atoms with E-state index in [1.165, 1.54) is 19.4 Å². The van der Waals surface area contributed by atoms with Gasteiger partial charge in [-0.3, -0.25) is 4.90 Å². The summed E-state index contributed by atoms with van der Waals surface area (Å²) in [7, 11) is 2.16. The molecule has 1 saturated heterocycles. The smallest absolute Gasteiger partial charge is 0.137 e. The minimum absolute atomic E-state index is 0.473. The molecule has 3 heterocycles. The molecule has 0 aromatic carbocycles. The number of anilines is 1. The Morgan fingerprint density at radius 2 is 2.25 bits per heavy atom. The average Bonchev–Trinajstić information content (AvgIpc) is 2.82. The lowest BCUT2D eigenvalue weighted by molar-refractivity contribution is 0.313. The Labute approximate surface area is 94.7 Å². The Bertz CT molecular complexity index is 517. The molecule has 84 valence electrons. The van der Waals surface area contributed by atoms with Gasteiger partial charge in [0, 0.05) is 18.1 Å². The van der Waals surface area contributed by atoms with Crippen molar-refractivity contribution < 1.29 is 0 Å². The van der Waals surface area contributed by atoms with Gasteiger partial charge in [-0.25, -0.2) is 4.98 Å². The number of nitrogen functional groups attached to an aromatic ring is 1. The first-order chi connectivity index (χ1) is 7.74. The average molecular weight is 216 g/mol. The Hall–Kier alpha value is -1.55. The molecule has 2 N–H and O–H groups in total. The first-order valence-corrected chi connectivity index (χ1v) is 5.68. The van der Waals surface area contributed by atoms with Gasteiger partial charge in [0.1, 0.15) is 5.65 Å². The van der Waals surface area contributed by atoms with Crippen LogP contribution >= 0.6 is 0 Å². The third-order valence-corrected chi connectivity index (χ3v) is 3.35. The quantitative estimate of drug-likeness (QED) is 0.789. The van der Waals surface area contributed by atoms with Crippen molar-refractivity contribution in [2.24, 2.45) is 0 Å². The molecule has 0 bridgehead atoms. The van der Waals surface area contributed by atoms with E-state index in [4.69, 9.17) is 5.73 Å². The standard InChI is InChI=1S/C12H16N4/c1-15-6-2-3-11(15)10-8-16-7-9(13)4-5-12(16)14-10/h4-5,7-8,11H,2-3,6,13H2,1H3/t11-/m0/s1. The number of nitrogens with zero attached hydrogens (tertiary/aromatic N) is 3. The zero-order valence-electron chi connectivity index (χ0n) is 9.43. The summed E-state index contributed by atoms with van der Waals surface area (Å²) in [5, 5.41) is 0. The molecule has 1 aliphatic rings. The van der Waals surface area contributed by atoms with E-state index in [2.05, 4.69) is 23.1 Å². The van der Waals surface area contributed by atoms with Crippen LogP contribution in [0.2, 0.25) is 0 Å². The van der Waals surface area contributed by atoms with Gasteiger partial charge in [-0.05, 0) is 38.6 Å². The van der Waals surface area contributed by atoms with Crippen LogP contribution in [0.5, 0.6) is 0 Å². The molecule has 4 nitrogen and oxygen atoms in total. The maximum Gasteiger partial charge on any atom is 0.137 e. The highest BCUT2D eigenvalue weighted by atomic mass is 15.2. The fourth-order valence-electron chi connectivity index (χ4n) is 2.47. The SMILES string of the molecule is CN1CCC[C@H]1c1cn2cc(N)ccc2n1. The van der Waals surface area contributed by atoms with E-state index in [0.29, 0.717) is 6.04 Å². The van der Waals surface area contributed by atoms with Gasteiger partial charge in [0.25, 0.3) is 0 Å². The van der Waals surface area contributed by atoms with Crippen molar-refractivity contribution in [1.82, 2.24) is 14.3 Å². The van der Waals surface area contributed by atoms with E-state index >= 15 is 0 Å². The van der Waals surface area contributed by atoms with E-state index in [1.807, 2.05) is 22.7 Å². The molecule has 2 aromatic heterocycles. The van der Waals surface area contributed by atoms with E-state index in [1.54, 1.807) is 0 Å². The lowest BCUT2D eigenvalue weighted by Crippen LogP contribution is -2.17. The summed E-state index contributed by atoms with van der Waals surface area (Å²) in [6.45, 7) is 1.17. The lowest BCUT2D eigenvalue weighted by atomic mass is 10.2. The third-order valence-electron chi connectivity index (χ3n) is 3.35. The first-order valence-electron chi connectivity index (χ1n) is 5.68. The number of imidazole rings is 1. The molecule has 16 heavy (non-hydrogen) atoms. The molecular formula is C12H16N4. The van der Waals surface area contributed by atoms with Gasteiger partial charge in [-0.2, -0.15) is 0 Å². The molecule has 0 spiro atoms. The van der Waals surface area contributed by atoms with E-state index in [0.717, 1.165) is 17.0 Å². The van der Waals surface area contributed by atoms with Crippen LogP contribution in [0, 0.1) is 0 Å². The highest BCUT2D eigenvalue weighted by Crippen LogP contribution is 2.29. The van der Waals surface area contributed by atoms with Crippen LogP contribution in [-0.2, 0) is 0 Å². The van der Waals surface area contributed by atoms with Crippen LogP contribution < -0.4 is 5.73 Å². The molecule has 0 unspecified atom stereocenters. The van der Waals surface area contributed by atoms with Crippen molar-refractivity contribution in [2.45, 2.75) is 18.9 Å². The highest BCUT2D eigenvalue weighted by Gasteiger charge is 2.24. The number of pyridine rings is 1. The summed E-state index contributed by atoms with van der Waals surface area (Å²) in [6, 6.07) is 4.33. The number of aromatic nitrogens is 2. The number of rotatable bonds is 1. The van der Waals surface area contributed by atoms with Crippen LogP contribution in [0.1, 0.15) is 24.6 Å². The second kappa shape index (κ2) is 3.49. The van der Waals surface area contributed by atoms with Gasteiger partial charge in [-0.1, -0.05) is 0 Å². The van der Waals surface area contributed by atoms with Gasteiger partial charge in [0.2, 0.25) is 0 Å². The van der Waals surface area contributed by atoms with E-state index in [-0.39, 0.29) is 0 Å².